The molecule has 2 heterocycles. The zero-order chi connectivity index (χ0) is 11.9. The van der Waals surface area contributed by atoms with Gasteiger partial charge in [0.2, 0.25) is 5.91 Å². The minimum atomic E-state index is -0.331. The van der Waals surface area contributed by atoms with E-state index in [4.69, 9.17) is 0 Å². The molecule has 90 valence electrons. The molecule has 3 heteroatoms. The fourth-order valence-corrected chi connectivity index (χ4v) is 2.90. The largest absolute Gasteiger partial charge is 0.332 e. The van der Waals surface area contributed by atoms with Crippen LogP contribution in [0.15, 0.2) is 24.3 Å². The van der Waals surface area contributed by atoms with Gasteiger partial charge in [0.05, 0.1) is 5.54 Å². The highest BCUT2D eigenvalue weighted by Gasteiger charge is 2.40. The number of fused-ring (bicyclic) bond motifs is 1. The molecule has 2 aliphatic heterocycles. The number of rotatable bonds is 1. The Morgan fingerprint density at radius 1 is 1.29 bits per heavy atom. The van der Waals surface area contributed by atoms with Crippen molar-refractivity contribution in [2.75, 3.05) is 6.54 Å². The SMILES string of the molecule is CC1(C(=O)N2Cc3ccccc3C2)CCCN1. The van der Waals surface area contributed by atoms with E-state index in [-0.39, 0.29) is 11.4 Å². The first-order valence-electron chi connectivity index (χ1n) is 6.30. The van der Waals surface area contributed by atoms with Gasteiger partial charge in [-0.2, -0.15) is 0 Å². The summed E-state index contributed by atoms with van der Waals surface area (Å²) in [5, 5.41) is 3.35. The number of hydrogen-bond donors (Lipinski definition) is 1. The Morgan fingerprint density at radius 2 is 1.94 bits per heavy atom. The second-order valence-corrected chi connectivity index (χ2v) is 5.29. The summed E-state index contributed by atoms with van der Waals surface area (Å²) in [6.07, 6.45) is 2.06. The molecule has 0 spiro atoms. The van der Waals surface area contributed by atoms with Crippen molar-refractivity contribution in [1.29, 1.82) is 0 Å². The van der Waals surface area contributed by atoms with Gasteiger partial charge in [-0.05, 0) is 37.4 Å². The number of carbonyl (C=O) groups excluding carboxylic acids is 1. The molecule has 0 saturated carbocycles. The van der Waals surface area contributed by atoms with Crippen LogP contribution in [0.1, 0.15) is 30.9 Å². The molecule has 3 nitrogen and oxygen atoms in total. The summed E-state index contributed by atoms with van der Waals surface area (Å²) in [7, 11) is 0. The van der Waals surface area contributed by atoms with Crippen LogP contribution in [0, 0.1) is 0 Å². The number of nitrogens with one attached hydrogen (secondary N) is 1. The van der Waals surface area contributed by atoms with Gasteiger partial charge in [-0.3, -0.25) is 4.79 Å². The van der Waals surface area contributed by atoms with Gasteiger partial charge in [-0.1, -0.05) is 24.3 Å². The van der Waals surface area contributed by atoms with Gasteiger partial charge in [0, 0.05) is 13.1 Å². The monoisotopic (exact) mass is 230 g/mol. The van der Waals surface area contributed by atoms with Crippen molar-refractivity contribution in [3.63, 3.8) is 0 Å². The Hall–Kier alpha value is -1.35. The highest BCUT2D eigenvalue weighted by atomic mass is 16.2. The Labute approximate surface area is 102 Å². The predicted octanol–water partition coefficient (Wildman–Crippen LogP) is 1.67. The van der Waals surface area contributed by atoms with Crippen molar-refractivity contribution in [3.05, 3.63) is 35.4 Å². The van der Waals surface area contributed by atoms with Gasteiger partial charge >= 0.3 is 0 Å². The Bertz CT molecular complexity index is 424. The van der Waals surface area contributed by atoms with E-state index in [0.29, 0.717) is 0 Å². The van der Waals surface area contributed by atoms with Crippen molar-refractivity contribution in [3.8, 4) is 0 Å². The zero-order valence-electron chi connectivity index (χ0n) is 10.2. The molecule has 17 heavy (non-hydrogen) atoms. The predicted molar refractivity (Wildman–Crippen MR) is 66.3 cm³/mol. The van der Waals surface area contributed by atoms with Crippen molar-refractivity contribution in [1.82, 2.24) is 10.2 Å². The summed E-state index contributed by atoms with van der Waals surface area (Å²) in [5.74, 6) is 0.256. The molecule has 1 aromatic rings. The minimum Gasteiger partial charge on any atom is -0.332 e. The van der Waals surface area contributed by atoms with Gasteiger partial charge < -0.3 is 10.2 Å². The Morgan fingerprint density at radius 3 is 2.47 bits per heavy atom. The first-order valence-corrected chi connectivity index (χ1v) is 6.30. The first kappa shape index (κ1) is 10.8. The molecule has 3 rings (SSSR count). The van der Waals surface area contributed by atoms with Crippen molar-refractivity contribution in [2.45, 2.75) is 38.4 Å². The number of carbonyl (C=O) groups is 1. The molecule has 0 aliphatic carbocycles. The summed E-state index contributed by atoms with van der Waals surface area (Å²) < 4.78 is 0. The molecule has 0 bridgehead atoms. The van der Waals surface area contributed by atoms with Crippen molar-refractivity contribution in [2.24, 2.45) is 0 Å². The Kier molecular flexibility index (Phi) is 2.44. The van der Waals surface area contributed by atoms with Crippen LogP contribution >= 0.6 is 0 Å². The lowest BCUT2D eigenvalue weighted by molar-refractivity contribution is -0.137. The topological polar surface area (TPSA) is 32.3 Å². The first-order chi connectivity index (χ1) is 8.19. The third kappa shape index (κ3) is 1.75. The minimum absolute atomic E-state index is 0.256. The van der Waals surface area contributed by atoms with E-state index in [0.717, 1.165) is 32.5 Å². The highest BCUT2D eigenvalue weighted by Crippen LogP contribution is 2.28. The van der Waals surface area contributed by atoms with Crippen molar-refractivity contribution < 1.29 is 4.79 Å². The van der Waals surface area contributed by atoms with Crippen molar-refractivity contribution >= 4 is 5.91 Å². The molecule has 1 amide bonds. The zero-order valence-corrected chi connectivity index (χ0v) is 10.2. The van der Waals surface area contributed by atoms with Crippen LogP contribution < -0.4 is 5.32 Å². The van der Waals surface area contributed by atoms with E-state index < -0.39 is 0 Å². The van der Waals surface area contributed by atoms with Crippen LogP contribution in [0.4, 0.5) is 0 Å². The van der Waals surface area contributed by atoms with Crippen LogP contribution in [0.3, 0.4) is 0 Å². The molecule has 1 fully saturated rings. The molecule has 1 atom stereocenters. The quantitative estimate of drug-likeness (QED) is 0.796. The van der Waals surface area contributed by atoms with Gasteiger partial charge in [0.1, 0.15) is 0 Å². The molecule has 1 saturated heterocycles. The second-order valence-electron chi connectivity index (χ2n) is 5.29. The lowest BCUT2D eigenvalue weighted by Gasteiger charge is -2.28. The summed E-state index contributed by atoms with van der Waals surface area (Å²) in [4.78, 5) is 14.5. The second kappa shape index (κ2) is 3.84. The summed E-state index contributed by atoms with van der Waals surface area (Å²) in [6, 6.07) is 8.32. The molecule has 0 radical (unpaired) electrons. The lowest BCUT2D eigenvalue weighted by Crippen LogP contribution is -2.51. The van der Waals surface area contributed by atoms with E-state index in [1.54, 1.807) is 0 Å². The normalized spacial score (nSPS) is 27.2. The third-order valence-corrected chi connectivity index (χ3v) is 3.97. The molecule has 1 aromatic carbocycles. The summed E-state index contributed by atoms with van der Waals surface area (Å²) in [5.41, 5.74) is 2.26. The fraction of sp³-hybridized carbons (Fsp3) is 0.500. The highest BCUT2D eigenvalue weighted by molar-refractivity contribution is 5.86. The lowest BCUT2D eigenvalue weighted by atomic mass is 9.98. The number of hydrogen-bond acceptors (Lipinski definition) is 2. The summed E-state index contributed by atoms with van der Waals surface area (Å²) >= 11 is 0. The van der Waals surface area contributed by atoms with Crippen LogP contribution in [-0.4, -0.2) is 22.9 Å². The fourth-order valence-electron chi connectivity index (χ4n) is 2.90. The maximum atomic E-state index is 12.5. The number of nitrogens with zero attached hydrogens (tertiary/aromatic N) is 1. The van der Waals surface area contributed by atoms with Gasteiger partial charge in [0.15, 0.2) is 0 Å². The van der Waals surface area contributed by atoms with E-state index in [1.165, 1.54) is 11.1 Å². The van der Waals surface area contributed by atoms with E-state index in [1.807, 2.05) is 24.0 Å². The third-order valence-electron chi connectivity index (χ3n) is 3.97. The van der Waals surface area contributed by atoms with Crippen LogP contribution in [0.2, 0.25) is 0 Å². The van der Waals surface area contributed by atoms with Crippen LogP contribution in [0.5, 0.6) is 0 Å². The molecular weight excluding hydrogens is 212 g/mol. The smallest absolute Gasteiger partial charge is 0.243 e. The van der Waals surface area contributed by atoms with Crippen LogP contribution in [-0.2, 0) is 17.9 Å². The maximum Gasteiger partial charge on any atom is 0.243 e. The number of amides is 1. The number of benzene rings is 1. The molecular formula is C14H18N2O. The van der Waals surface area contributed by atoms with E-state index in [9.17, 15) is 4.79 Å². The van der Waals surface area contributed by atoms with Gasteiger partial charge in [0.25, 0.3) is 0 Å². The van der Waals surface area contributed by atoms with E-state index in [2.05, 4.69) is 17.4 Å². The molecule has 1 unspecified atom stereocenters. The maximum absolute atomic E-state index is 12.5. The van der Waals surface area contributed by atoms with Crippen LogP contribution in [0.25, 0.3) is 0 Å². The van der Waals surface area contributed by atoms with Gasteiger partial charge in [-0.25, -0.2) is 0 Å². The molecule has 1 N–H and O–H groups in total. The molecule has 0 aromatic heterocycles. The van der Waals surface area contributed by atoms with Gasteiger partial charge in [-0.15, -0.1) is 0 Å². The Balaban J connectivity index is 1.78. The molecule has 2 aliphatic rings. The van der Waals surface area contributed by atoms with E-state index >= 15 is 0 Å². The average molecular weight is 230 g/mol. The summed E-state index contributed by atoms with van der Waals surface area (Å²) in [6.45, 7) is 4.53. The average Bonchev–Trinajstić information content (AvgIpc) is 2.94. The standard InChI is InChI=1S/C14H18N2O/c1-14(7-4-8-15-14)13(17)16-9-11-5-2-3-6-12(11)10-16/h2-3,5-6,15H,4,7-10H2,1H3.